The van der Waals surface area contributed by atoms with E-state index >= 15 is 0 Å². The van der Waals surface area contributed by atoms with Crippen LogP contribution in [0.15, 0.2) is 12.1 Å². The van der Waals surface area contributed by atoms with Crippen molar-refractivity contribution < 1.29 is 9.53 Å². The third kappa shape index (κ3) is 2.58. The Kier molecular flexibility index (Phi) is 3.32. The summed E-state index contributed by atoms with van der Waals surface area (Å²) in [5, 5.41) is 10.9. The van der Waals surface area contributed by atoms with Gasteiger partial charge in [-0.2, -0.15) is 0 Å². The summed E-state index contributed by atoms with van der Waals surface area (Å²) in [6.45, 7) is 3.73. The van der Waals surface area contributed by atoms with Gasteiger partial charge in [-0.15, -0.1) is 10.2 Å². The quantitative estimate of drug-likeness (QED) is 0.928. The lowest BCUT2D eigenvalue weighted by Crippen LogP contribution is -2.17. The van der Waals surface area contributed by atoms with Crippen LogP contribution in [0.3, 0.4) is 0 Å². The molecule has 0 radical (unpaired) electrons. The van der Waals surface area contributed by atoms with E-state index in [1.165, 1.54) is 7.11 Å². The van der Waals surface area contributed by atoms with Crippen LogP contribution in [0, 0.1) is 13.8 Å². The summed E-state index contributed by atoms with van der Waals surface area (Å²) in [4.78, 5) is 16.6. The van der Waals surface area contributed by atoms with Crippen LogP contribution in [0.5, 0.6) is 5.88 Å². The van der Waals surface area contributed by atoms with Gasteiger partial charge in [0.25, 0.3) is 5.91 Å². The maximum absolute atomic E-state index is 12.4. The monoisotopic (exact) mass is 287 g/mol. The van der Waals surface area contributed by atoms with Gasteiger partial charge in [0, 0.05) is 11.7 Å². The zero-order valence-corrected chi connectivity index (χ0v) is 12.3. The van der Waals surface area contributed by atoms with Crippen molar-refractivity contribution in [2.75, 3.05) is 12.4 Å². The molecule has 1 aliphatic rings. The molecule has 3 rings (SSSR count). The van der Waals surface area contributed by atoms with Crippen molar-refractivity contribution in [1.29, 1.82) is 0 Å². The van der Waals surface area contributed by atoms with E-state index < -0.39 is 0 Å². The summed E-state index contributed by atoms with van der Waals surface area (Å²) >= 11 is 0. The van der Waals surface area contributed by atoms with Crippen molar-refractivity contribution in [3.8, 4) is 5.88 Å². The van der Waals surface area contributed by atoms with Crippen molar-refractivity contribution in [1.82, 2.24) is 19.7 Å². The molecule has 0 unspecified atom stereocenters. The number of aromatic nitrogens is 4. The number of ether oxygens (including phenoxy) is 1. The van der Waals surface area contributed by atoms with E-state index in [9.17, 15) is 4.79 Å². The van der Waals surface area contributed by atoms with Crippen molar-refractivity contribution >= 4 is 11.9 Å². The molecule has 0 aliphatic heterocycles. The first-order valence-corrected chi connectivity index (χ1v) is 6.84. The number of carbonyl (C=O) groups excluding carboxylic acids is 1. The molecule has 21 heavy (non-hydrogen) atoms. The van der Waals surface area contributed by atoms with Gasteiger partial charge in [-0.1, -0.05) is 0 Å². The van der Waals surface area contributed by atoms with Crippen molar-refractivity contribution in [2.45, 2.75) is 32.7 Å². The molecular formula is C14H17N5O2. The Morgan fingerprint density at radius 1 is 1.33 bits per heavy atom. The molecule has 0 spiro atoms. The number of amides is 1. The lowest BCUT2D eigenvalue weighted by molar-refractivity contribution is 0.102. The largest absolute Gasteiger partial charge is 0.480 e. The van der Waals surface area contributed by atoms with Crippen LogP contribution in [0.2, 0.25) is 0 Å². The normalized spacial score (nSPS) is 14.0. The molecule has 1 amide bonds. The van der Waals surface area contributed by atoms with E-state index in [4.69, 9.17) is 4.74 Å². The molecule has 0 aromatic carbocycles. The van der Waals surface area contributed by atoms with E-state index in [-0.39, 0.29) is 5.91 Å². The van der Waals surface area contributed by atoms with Gasteiger partial charge >= 0.3 is 0 Å². The molecule has 110 valence electrons. The Balaban J connectivity index is 1.87. The van der Waals surface area contributed by atoms with Gasteiger partial charge in [-0.05, 0) is 38.8 Å². The van der Waals surface area contributed by atoms with Crippen molar-refractivity contribution in [3.05, 3.63) is 29.2 Å². The number of rotatable bonds is 4. The molecule has 1 N–H and O–H groups in total. The molecule has 2 aromatic rings. The third-order valence-corrected chi connectivity index (χ3v) is 3.44. The summed E-state index contributed by atoms with van der Waals surface area (Å²) in [6, 6.07) is 3.86. The summed E-state index contributed by atoms with van der Waals surface area (Å²) in [5.74, 6) is 1.29. The van der Waals surface area contributed by atoms with Gasteiger partial charge in [0.1, 0.15) is 11.4 Å². The van der Waals surface area contributed by atoms with Crippen LogP contribution < -0.4 is 10.1 Å². The average Bonchev–Trinajstić information content (AvgIpc) is 3.23. The molecular weight excluding hydrogens is 270 g/mol. The van der Waals surface area contributed by atoms with Gasteiger partial charge in [0.15, 0.2) is 0 Å². The Morgan fingerprint density at radius 2 is 2.10 bits per heavy atom. The second-order valence-corrected chi connectivity index (χ2v) is 5.14. The summed E-state index contributed by atoms with van der Waals surface area (Å²) < 4.78 is 7.13. The molecule has 0 atom stereocenters. The van der Waals surface area contributed by atoms with Crippen LogP contribution >= 0.6 is 0 Å². The SMILES string of the molecule is COc1nc(C)ccc1C(=O)Nc1nnc(C)n1C1CC1. The first-order valence-electron chi connectivity index (χ1n) is 6.84. The first-order chi connectivity index (χ1) is 10.1. The van der Waals surface area contributed by atoms with E-state index in [1.807, 2.05) is 18.4 Å². The Bertz CT molecular complexity index is 691. The molecule has 1 aliphatic carbocycles. The molecule has 1 fully saturated rings. The van der Waals surface area contributed by atoms with Gasteiger partial charge in [0.05, 0.1) is 7.11 Å². The second kappa shape index (κ2) is 5.16. The topological polar surface area (TPSA) is 81.9 Å². The highest BCUT2D eigenvalue weighted by atomic mass is 16.5. The second-order valence-electron chi connectivity index (χ2n) is 5.14. The predicted molar refractivity (Wildman–Crippen MR) is 76.5 cm³/mol. The van der Waals surface area contributed by atoms with E-state index in [2.05, 4.69) is 20.5 Å². The first kappa shape index (κ1) is 13.5. The van der Waals surface area contributed by atoms with Gasteiger partial charge < -0.3 is 4.74 Å². The standard InChI is InChI=1S/C14H17N5O2/c1-8-4-7-11(13(15-8)21-3)12(20)16-14-18-17-9(2)19(14)10-5-6-10/h4,7,10H,5-6H2,1-3H3,(H,16,18,20). The summed E-state index contributed by atoms with van der Waals surface area (Å²) in [6.07, 6.45) is 2.19. The third-order valence-electron chi connectivity index (χ3n) is 3.44. The number of methoxy groups -OCH3 is 1. The highest BCUT2D eigenvalue weighted by molar-refractivity contribution is 6.05. The van der Waals surface area contributed by atoms with Crippen LogP contribution in [-0.4, -0.2) is 32.8 Å². The molecule has 0 saturated heterocycles. The average molecular weight is 287 g/mol. The molecule has 2 aromatic heterocycles. The zero-order valence-electron chi connectivity index (χ0n) is 12.3. The number of anilines is 1. The molecule has 7 nitrogen and oxygen atoms in total. The lowest BCUT2D eigenvalue weighted by Gasteiger charge is -2.10. The van der Waals surface area contributed by atoms with E-state index in [1.54, 1.807) is 12.1 Å². The highest BCUT2D eigenvalue weighted by Crippen LogP contribution is 2.37. The molecule has 0 bridgehead atoms. The number of hydrogen-bond acceptors (Lipinski definition) is 5. The fourth-order valence-electron chi connectivity index (χ4n) is 2.25. The number of aryl methyl sites for hydroxylation is 2. The minimum atomic E-state index is -0.298. The Hall–Kier alpha value is -2.44. The number of pyridine rings is 1. The minimum absolute atomic E-state index is 0.298. The lowest BCUT2D eigenvalue weighted by atomic mass is 10.2. The fourth-order valence-corrected chi connectivity index (χ4v) is 2.25. The maximum atomic E-state index is 12.4. The van der Waals surface area contributed by atoms with Gasteiger partial charge in [-0.25, -0.2) is 4.98 Å². The van der Waals surface area contributed by atoms with E-state index in [0.29, 0.717) is 23.4 Å². The van der Waals surface area contributed by atoms with Crippen molar-refractivity contribution in [2.24, 2.45) is 0 Å². The van der Waals surface area contributed by atoms with Crippen LogP contribution in [0.4, 0.5) is 5.95 Å². The smallest absolute Gasteiger partial charge is 0.263 e. The van der Waals surface area contributed by atoms with Gasteiger partial charge in [-0.3, -0.25) is 14.7 Å². The highest BCUT2D eigenvalue weighted by Gasteiger charge is 2.29. The number of nitrogens with one attached hydrogen (secondary N) is 1. The molecule has 1 saturated carbocycles. The number of nitrogens with zero attached hydrogens (tertiary/aromatic N) is 4. The molecule has 7 heteroatoms. The predicted octanol–water partition coefficient (Wildman–Crippen LogP) is 1.89. The Morgan fingerprint density at radius 3 is 2.76 bits per heavy atom. The van der Waals surface area contributed by atoms with Crippen LogP contribution in [0.25, 0.3) is 0 Å². The molecule has 2 heterocycles. The van der Waals surface area contributed by atoms with E-state index in [0.717, 1.165) is 24.4 Å². The zero-order chi connectivity index (χ0) is 15.0. The summed E-state index contributed by atoms with van der Waals surface area (Å²) in [5.41, 5.74) is 1.17. The number of hydrogen-bond donors (Lipinski definition) is 1. The Labute approximate surface area is 122 Å². The number of carbonyl (C=O) groups is 1. The van der Waals surface area contributed by atoms with Gasteiger partial charge in [0.2, 0.25) is 11.8 Å². The summed E-state index contributed by atoms with van der Waals surface area (Å²) in [7, 11) is 1.50. The maximum Gasteiger partial charge on any atom is 0.263 e. The van der Waals surface area contributed by atoms with Crippen molar-refractivity contribution in [3.63, 3.8) is 0 Å². The fraction of sp³-hybridized carbons (Fsp3) is 0.429. The van der Waals surface area contributed by atoms with Crippen LogP contribution in [-0.2, 0) is 0 Å². The minimum Gasteiger partial charge on any atom is -0.480 e. The van der Waals surface area contributed by atoms with Crippen LogP contribution in [0.1, 0.15) is 40.8 Å².